The lowest BCUT2D eigenvalue weighted by atomic mass is 9.72. The molecule has 0 unspecified atom stereocenters. The first kappa shape index (κ1) is 21.7. The number of alkyl halides is 3. The second-order valence-electron chi connectivity index (χ2n) is 9.67. The van der Waals surface area contributed by atoms with Gasteiger partial charge in [-0.05, 0) is 39.5 Å². The molecule has 11 heteroatoms. The molecule has 1 atom stereocenters. The van der Waals surface area contributed by atoms with Gasteiger partial charge in [0.2, 0.25) is 5.95 Å². The number of hydrogen-bond donors (Lipinski definition) is 0. The van der Waals surface area contributed by atoms with Gasteiger partial charge in [-0.15, -0.1) is 0 Å². The predicted molar refractivity (Wildman–Crippen MR) is 118 cm³/mol. The minimum atomic E-state index is -4.18. The van der Waals surface area contributed by atoms with Crippen molar-refractivity contribution in [2.75, 3.05) is 24.6 Å². The molecule has 3 fully saturated rings. The summed E-state index contributed by atoms with van der Waals surface area (Å²) in [6.45, 7) is 5.32. The van der Waals surface area contributed by atoms with Crippen LogP contribution in [0.15, 0.2) is 12.4 Å². The number of aryl methyl sites for hydroxylation is 2. The van der Waals surface area contributed by atoms with E-state index >= 15 is 0 Å². The van der Waals surface area contributed by atoms with E-state index in [9.17, 15) is 13.2 Å². The Kier molecular flexibility index (Phi) is 5.02. The fourth-order valence-corrected chi connectivity index (χ4v) is 4.75. The Morgan fingerprint density at radius 1 is 1.03 bits per heavy atom. The maximum atomic E-state index is 13.2. The van der Waals surface area contributed by atoms with Gasteiger partial charge in [-0.3, -0.25) is 4.68 Å². The van der Waals surface area contributed by atoms with Crippen molar-refractivity contribution in [3.8, 4) is 0 Å². The number of ether oxygens (including phenoxy) is 1. The SMILES string of the molecule is Cc1nc2nc(N3CCO[C@H](c4cnn(C5CC5)c4)C3)nc([C@H]3C[C@@H](C(F)(F)F)C3)c2nc1C. The highest BCUT2D eigenvalue weighted by Gasteiger charge is 2.49. The van der Waals surface area contributed by atoms with E-state index < -0.39 is 12.1 Å². The fourth-order valence-electron chi connectivity index (χ4n) is 4.75. The maximum absolute atomic E-state index is 13.2. The second kappa shape index (κ2) is 7.86. The number of anilines is 1. The minimum absolute atomic E-state index is 0.0236. The Bertz CT molecular complexity index is 1230. The van der Waals surface area contributed by atoms with Crippen LogP contribution in [0.3, 0.4) is 0 Å². The van der Waals surface area contributed by atoms with Crippen molar-refractivity contribution in [1.29, 1.82) is 0 Å². The van der Waals surface area contributed by atoms with Gasteiger partial charge in [0.15, 0.2) is 5.65 Å². The van der Waals surface area contributed by atoms with Crippen molar-refractivity contribution >= 4 is 17.1 Å². The van der Waals surface area contributed by atoms with E-state index in [4.69, 9.17) is 9.72 Å². The summed E-state index contributed by atoms with van der Waals surface area (Å²) in [5, 5.41) is 4.47. The van der Waals surface area contributed by atoms with E-state index in [2.05, 4.69) is 20.1 Å². The standard InChI is InChI=1S/C23H26F3N7O/c1-12-13(2)29-21-20(28-12)19(14-7-16(8-14)23(24,25)26)30-22(31-21)32-5-6-34-18(11-32)15-9-27-33(10-15)17-3-4-17/h9-10,14,16-18H,3-8,11H2,1-2H3/t14-,16+,18-/m0/s1. The van der Waals surface area contributed by atoms with Crippen molar-refractivity contribution in [3.05, 3.63) is 35.0 Å². The zero-order valence-corrected chi connectivity index (χ0v) is 19.1. The Labute approximate surface area is 194 Å². The van der Waals surface area contributed by atoms with Crippen molar-refractivity contribution in [2.45, 2.75) is 63.8 Å². The summed E-state index contributed by atoms with van der Waals surface area (Å²) >= 11 is 0. The average molecular weight is 474 g/mol. The van der Waals surface area contributed by atoms with E-state index in [1.165, 1.54) is 0 Å². The molecule has 34 heavy (non-hydrogen) atoms. The highest BCUT2D eigenvalue weighted by Crippen LogP contribution is 2.50. The molecule has 2 aliphatic carbocycles. The van der Waals surface area contributed by atoms with Crippen LogP contribution in [0.25, 0.3) is 11.2 Å². The van der Waals surface area contributed by atoms with Gasteiger partial charge in [0, 0.05) is 24.2 Å². The molecule has 2 saturated carbocycles. The minimum Gasteiger partial charge on any atom is -0.370 e. The van der Waals surface area contributed by atoms with E-state index in [0.29, 0.717) is 48.5 Å². The number of aromatic nitrogens is 6. The molecule has 0 aromatic carbocycles. The van der Waals surface area contributed by atoms with Crippen LogP contribution >= 0.6 is 0 Å². The summed E-state index contributed by atoms with van der Waals surface area (Å²) in [6, 6.07) is 0.494. The van der Waals surface area contributed by atoms with Crippen LogP contribution in [0.5, 0.6) is 0 Å². The molecular formula is C23H26F3N7O. The van der Waals surface area contributed by atoms with Gasteiger partial charge < -0.3 is 9.64 Å². The lowest BCUT2D eigenvalue weighted by Gasteiger charge is -2.37. The van der Waals surface area contributed by atoms with Gasteiger partial charge in [-0.1, -0.05) is 0 Å². The first-order valence-corrected chi connectivity index (χ1v) is 11.8. The monoisotopic (exact) mass is 473 g/mol. The maximum Gasteiger partial charge on any atom is 0.391 e. The van der Waals surface area contributed by atoms with Crippen molar-refractivity contribution in [2.24, 2.45) is 5.92 Å². The lowest BCUT2D eigenvalue weighted by Crippen LogP contribution is -2.40. The van der Waals surface area contributed by atoms with Gasteiger partial charge in [-0.25, -0.2) is 15.0 Å². The lowest BCUT2D eigenvalue weighted by molar-refractivity contribution is -0.197. The summed E-state index contributed by atoms with van der Waals surface area (Å²) in [4.78, 5) is 20.7. The van der Waals surface area contributed by atoms with Crippen LogP contribution in [0, 0.1) is 19.8 Å². The number of hydrogen-bond acceptors (Lipinski definition) is 7. The molecule has 180 valence electrons. The first-order valence-electron chi connectivity index (χ1n) is 11.8. The largest absolute Gasteiger partial charge is 0.391 e. The van der Waals surface area contributed by atoms with Gasteiger partial charge in [0.05, 0.1) is 48.4 Å². The number of morpholine rings is 1. The Hall–Kier alpha value is -2.82. The number of nitrogens with zero attached hydrogens (tertiary/aromatic N) is 7. The summed E-state index contributed by atoms with van der Waals surface area (Å²) < 4.78 is 47.5. The number of halogens is 3. The third-order valence-electron chi connectivity index (χ3n) is 7.21. The Morgan fingerprint density at radius 3 is 2.53 bits per heavy atom. The van der Waals surface area contributed by atoms with E-state index in [-0.39, 0.29) is 24.9 Å². The van der Waals surface area contributed by atoms with Crippen LogP contribution in [-0.2, 0) is 4.74 Å². The summed E-state index contributed by atoms with van der Waals surface area (Å²) in [6.07, 6.45) is 1.90. The molecule has 6 rings (SSSR count). The van der Waals surface area contributed by atoms with Crippen molar-refractivity contribution in [1.82, 2.24) is 29.7 Å². The molecule has 3 aromatic rings. The highest BCUT2D eigenvalue weighted by atomic mass is 19.4. The normalized spacial score (nSPS) is 25.6. The molecule has 3 aromatic heterocycles. The topological polar surface area (TPSA) is 81.9 Å². The molecule has 0 amide bonds. The van der Waals surface area contributed by atoms with E-state index in [1.54, 1.807) is 0 Å². The predicted octanol–water partition coefficient (Wildman–Crippen LogP) is 4.20. The molecule has 4 heterocycles. The Morgan fingerprint density at radius 2 is 1.79 bits per heavy atom. The summed E-state index contributed by atoms with van der Waals surface area (Å²) in [5.41, 5.74) is 4.00. The highest BCUT2D eigenvalue weighted by molar-refractivity contribution is 5.75. The summed E-state index contributed by atoms with van der Waals surface area (Å²) in [7, 11) is 0. The van der Waals surface area contributed by atoms with Crippen LogP contribution in [0.4, 0.5) is 19.1 Å². The Balaban J connectivity index is 1.32. The molecule has 0 radical (unpaired) electrons. The molecule has 0 bridgehead atoms. The zero-order valence-electron chi connectivity index (χ0n) is 19.1. The molecule has 0 N–H and O–H groups in total. The van der Waals surface area contributed by atoms with Crippen LogP contribution in [-0.4, -0.2) is 55.6 Å². The van der Waals surface area contributed by atoms with E-state index in [0.717, 1.165) is 29.8 Å². The van der Waals surface area contributed by atoms with Gasteiger partial charge in [-0.2, -0.15) is 23.3 Å². The fraction of sp³-hybridized carbons (Fsp3) is 0.609. The smallest absolute Gasteiger partial charge is 0.370 e. The van der Waals surface area contributed by atoms with E-state index in [1.807, 2.05) is 35.8 Å². The third kappa shape index (κ3) is 3.89. The van der Waals surface area contributed by atoms with Gasteiger partial charge in [0.25, 0.3) is 0 Å². The van der Waals surface area contributed by atoms with Crippen LogP contribution < -0.4 is 4.90 Å². The summed E-state index contributed by atoms with van der Waals surface area (Å²) in [5.74, 6) is -1.12. The van der Waals surface area contributed by atoms with Crippen molar-refractivity contribution < 1.29 is 17.9 Å². The van der Waals surface area contributed by atoms with Crippen LogP contribution in [0.2, 0.25) is 0 Å². The van der Waals surface area contributed by atoms with Gasteiger partial charge >= 0.3 is 6.18 Å². The first-order chi connectivity index (χ1) is 16.3. The quantitative estimate of drug-likeness (QED) is 0.562. The molecule has 3 aliphatic rings. The molecule has 0 spiro atoms. The molecular weight excluding hydrogens is 447 g/mol. The molecule has 1 saturated heterocycles. The number of fused-ring (bicyclic) bond motifs is 1. The van der Waals surface area contributed by atoms with Gasteiger partial charge in [0.1, 0.15) is 11.6 Å². The third-order valence-corrected chi connectivity index (χ3v) is 7.21. The molecule has 1 aliphatic heterocycles. The van der Waals surface area contributed by atoms with Crippen molar-refractivity contribution in [3.63, 3.8) is 0 Å². The average Bonchev–Trinajstić information content (AvgIpc) is 3.49. The zero-order chi connectivity index (χ0) is 23.6. The number of rotatable bonds is 4. The molecule has 8 nitrogen and oxygen atoms in total. The van der Waals surface area contributed by atoms with Crippen LogP contribution in [0.1, 0.15) is 66.4 Å². The second-order valence-corrected chi connectivity index (χ2v) is 9.67.